The van der Waals surface area contributed by atoms with Crippen molar-refractivity contribution in [3.63, 3.8) is 0 Å². The molecule has 2 heterocycles. The van der Waals surface area contributed by atoms with Crippen LogP contribution >= 0.6 is 0 Å². The molecule has 0 amide bonds. The van der Waals surface area contributed by atoms with Gasteiger partial charge >= 0.3 is 0 Å². The minimum absolute atomic E-state index is 0.307. The van der Waals surface area contributed by atoms with E-state index in [0.717, 1.165) is 32.4 Å². The molecular formula is C12H23N3O2S. The largest absolute Gasteiger partial charge is 0.370 e. The van der Waals surface area contributed by atoms with Gasteiger partial charge in [-0.1, -0.05) is 6.92 Å². The molecule has 104 valence electrons. The van der Waals surface area contributed by atoms with Gasteiger partial charge in [-0.05, 0) is 31.6 Å². The molecule has 5 nitrogen and oxygen atoms in total. The Kier molecular flexibility index (Phi) is 4.14. The van der Waals surface area contributed by atoms with Crippen molar-refractivity contribution in [3.05, 3.63) is 0 Å². The lowest BCUT2D eigenvalue weighted by Crippen LogP contribution is -2.44. The second-order valence-corrected chi connectivity index (χ2v) is 7.92. The molecule has 0 aromatic rings. The van der Waals surface area contributed by atoms with Gasteiger partial charge in [0.25, 0.3) is 0 Å². The molecule has 0 saturated carbocycles. The minimum Gasteiger partial charge on any atom is -0.370 e. The number of nitrogens with two attached hydrogens (primary N) is 1. The Hall–Kier alpha value is -0.780. The van der Waals surface area contributed by atoms with E-state index in [1.165, 1.54) is 6.42 Å². The first-order chi connectivity index (χ1) is 8.49. The second-order valence-electron chi connectivity index (χ2n) is 5.52. The van der Waals surface area contributed by atoms with Crippen molar-refractivity contribution in [2.45, 2.75) is 37.9 Å². The standard InChI is InChI=1S/C12H23N3O2S/c1-10-4-2-6-15(9-10)12(13)14-8-11-5-3-7-18(11,16)17/h10-11H,2-9H2,1H3,(H2,13,14)/t10-,11+/m1/s1. The summed E-state index contributed by atoms with van der Waals surface area (Å²) in [5, 5.41) is -0.307. The van der Waals surface area contributed by atoms with E-state index < -0.39 is 9.84 Å². The van der Waals surface area contributed by atoms with Crippen LogP contribution in [0.5, 0.6) is 0 Å². The molecule has 2 rings (SSSR count). The average molecular weight is 273 g/mol. The van der Waals surface area contributed by atoms with Crippen LogP contribution in [0.25, 0.3) is 0 Å². The lowest BCUT2D eigenvalue weighted by Gasteiger charge is -2.31. The number of aliphatic imine (C=N–C) groups is 1. The number of guanidine groups is 1. The van der Waals surface area contributed by atoms with E-state index in [1.54, 1.807) is 0 Å². The Morgan fingerprint density at radius 3 is 2.78 bits per heavy atom. The number of hydrogen-bond acceptors (Lipinski definition) is 3. The van der Waals surface area contributed by atoms with Gasteiger partial charge in [-0.15, -0.1) is 0 Å². The molecule has 0 aromatic heterocycles. The lowest BCUT2D eigenvalue weighted by molar-refractivity contribution is 0.270. The maximum atomic E-state index is 11.7. The molecule has 2 aliphatic rings. The molecule has 0 spiro atoms. The highest BCUT2D eigenvalue weighted by Gasteiger charge is 2.31. The van der Waals surface area contributed by atoms with E-state index in [1.807, 2.05) is 0 Å². The number of sulfone groups is 1. The number of likely N-dealkylation sites (tertiary alicyclic amines) is 1. The predicted molar refractivity (Wildman–Crippen MR) is 73.3 cm³/mol. The summed E-state index contributed by atoms with van der Waals surface area (Å²) in [7, 11) is -2.91. The smallest absolute Gasteiger partial charge is 0.191 e. The first-order valence-electron chi connectivity index (χ1n) is 6.75. The van der Waals surface area contributed by atoms with E-state index in [-0.39, 0.29) is 5.25 Å². The first-order valence-corrected chi connectivity index (χ1v) is 8.47. The number of piperidine rings is 1. The van der Waals surface area contributed by atoms with Crippen LogP contribution in [0.3, 0.4) is 0 Å². The summed E-state index contributed by atoms with van der Waals surface area (Å²) in [5.74, 6) is 1.47. The third kappa shape index (κ3) is 3.16. The van der Waals surface area contributed by atoms with Gasteiger partial charge in [0.2, 0.25) is 0 Å². The molecule has 0 radical (unpaired) electrons. The van der Waals surface area contributed by atoms with Crippen LogP contribution < -0.4 is 5.73 Å². The van der Waals surface area contributed by atoms with E-state index in [4.69, 9.17) is 5.73 Å². The number of hydrogen-bond donors (Lipinski definition) is 1. The van der Waals surface area contributed by atoms with Gasteiger partial charge in [-0.25, -0.2) is 8.42 Å². The van der Waals surface area contributed by atoms with E-state index in [0.29, 0.717) is 24.2 Å². The van der Waals surface area contributed by atoms with Crippen LogP contribution in [0.15, 0.2) is 4.99 Å². The van der Waals surface area contributed by atoms with Crippen molar-refractivity contribution in [1.82, 2.24) is 4.90 Å². The quantitative estimate of drug-likeness (QED) is 0.591. The molecule has 2 atom stereocenters. The molecule has 2 N–H and O–H groups in total. The van der Waals surface area contributed by atoms with Crippen molar-refractivity contribution < 1.29 is 8.42 Å². The summed E-state index contributed by atoms with van der Waals surface area (Å²) >= 11 is 0. The zero-order valence-corrected chi connectivity index (χ0v) is 11.8. The summed E-state index contributed by atoms with van der Waals surface area (Å²) in [5.41, 5.74) is 5.96. The second kappa shape index (κ2) is 5.47. The van der Waals surface area contributed by atoms with Gasteiger partial charge in [-0.2, -0.15) is 0 Å². The average Bonchev–Trinajstić information content (AvgIpc) is 2.65. The highest BCUT2D eigenvalue weighted by molar-refractivity contribution is 7.92. The van der Waals surface area contributed by atoms with Crippen molar-refractivity contribution in [2.24, 2.45) is 16.6 Å². The first kappa shape index (κ1) is 13.6. The molecule has 6 heteroatoms. The van der Waals surface area contributed by atoms with Crippen molar-refractivity contribution >= 4 is 15.8 Å². The summed E-state index contributed by atoms with van der Waals surface area (Å²) < 4.78 is 23.4. The highest BCUT2D eigenvalue weighted by atomic mass is 32.2. The van der Waals surface area contributed by atoms with E-state index in [2.05, 4.69) is 16.8 Å². The summed E-state index contributed by atoms with van der Waals surface area (Å²) in [4.78, 5) is 6.38. The Balaban J connectivity index is 1.92. The molecule has 0 unspecified atom stereocenters. The summed E-state index contributed by atoms with van der Waals surface area (Å²) in [6, 6.07) is 0. The molecule has 0 aromatic carbocycles. The lowest BCUT2D eigenvalue weighted by atomic mass is 10.0. The van der Waals surface area contributed by atoms with Crippen molar-refractivity contribution in [1.29, 1.82) is 0 Å². The fourth-order valence-electron chi connectivity index (χ4n) is 2.76. The molecule has 0 bridgehead atoms. The van der Waals surface area contributed by atoms with Crippen LogP contribution in [-0.4, -0.2) is 49.9 Å². The van der Waals surface area contributed by atoms with Crippen LogP contribution in [0.1, 0.15) is 32.6 Å². The van der Waals surface area contributed by atoms with Crippen LogP contribution in [0.4, 0.5) is 0 Å². The zero-order chi connectivity index (χ0) is 13.2. The zero-order valence-electron chi connectivity index (χ0n) is 11.0. The Labute approximate surface area is 109 Å². The van der Waals surface area contributed by atoms with E-state index in [9.17, 15) is 8.42 Å². The summed E-state index contributed by atoms with van der Waals surface area (Å²) in [6.07, 6.45) is 3.87. The normalized spacial score (nSPS) is 32.7. The van der Waals surface area contributed by atoms with Gasteiger partial charge in [0, 0.05) is 13.1 Å². The van der Waals surface area contributed by atoms with Crippen LogP contribution in [0.2, 0.25) is 0 Å². The molecule has 18 heavy (non-hydrogen) atoms. The van der Waals surface area contributed by atoms with Gasteiger partial charge in [0.05, 0.1) is 17.5 Å². The monoisotopic (exact) mass is 273 g/mol. The maximum absolute atomic E-state index is 11.7. The Morgan fingerprint density at radius 1 is 1.39 bits per heavy atom. The maximum Gasteiger partial charge on any atom is 0.191 e. The number of rotatable bonds is 2. The van der Waals surface area contributed by atoms with Gasteiger partial charge in [0.15, 0.2) is 15.8 Å². The molecule has 0 aliphatic carbocycles. The minimum atomic E-state index is -2.91. The fraction of sp³-hybridized carbons (Fsp3) is 0.917. The third-order valence-electron chi connectivity index (χ3n) is 3.90. The molecular weight excluding hydrogens is 250 g/mol. The Bertz CT molecular complexity index is 419. The molecule has 2 fully saturated rings. The fourth-order valence-corrected chi connectivity index (χ4v) is 4.49. The van der Waals surface area contributed by atoms with Gasteiger partial charge in [0.1, 0.15) is 0 Å². The predicted octanol–water partition coefficient (Wildman–Crippen LogP) is 0.610. The van der Waals surface area contributed by atoms with Crippen LogP contribution in [-0.2, 0) is 9.84 Å². The van der Waals surface area contributed by atoms with E-state index >= 15 is 0 Å². The molecule has 2 aliphatic heterocycles. The highest BCUT2D eigenvalue weighted by Crippen LogP contribution is 2.20. The Morgan fingerprint density at radius 2 is 2.17 bits per heavy atom. The number of nitrogens with zero attached hydrogens (tertiary/aromatic N) is 2. The third-order valence-corrected chi connectivity index (χ3v) is 6.16. The summed E-state index contributed by atoms with van der Waals surface area (Å²) in [6.45, 7) is 4.42. The molecule has 2 saturated heterocycles. The SMILES string of the molecule is C[C@@H]1CCCN(C(N)=NC[C@@H]2CCCS2(=O)=O)C1. The topological polar surface area (TPSA) is 75.8 Å². The van der Waals surface area contributed by atoms with Crippen LogP contribution in [0, 0.1) is 5.92 Å². The van der Waals surface area contributed by atoms with Gasteiger partial charge < -0.3 is 10.6 Å². The van der Waals surface area contributed by atoms with Crippen molar-refractivity contribution in [3.8, 4) is 0 Å². The van der Waals surface area contributed by atoms with Gasteiger partial charge in [-0.3, -0.25) is 4.99 Å². The van der Waals surface area contributed by atoms with Crippen molar-refractivity contribution in [2.75, 3.05) is 25.4 Å².